The van der Waals surface area contributed by atoms with Gasteiger partial charge in [-0.15, -0.1) is 0 Å². The van der Waals surface area contributed by atoms with Crippen LogP contribution < -0.4 is 11.1 Å². The lowest BCUT2D eigenvalue weighted by molar-refractivity contribution is -0.142. The molecule has 0 aliphatic heterocycles. The number of benzene rings is 1. The fraction of sp³-hybridized carbons (Fsp3) is 0.619. The standard InChI is InChI=1S/C21H34N2O3S2/c1-14(2)17-9-8-15(6-5-7-16(22)13-27)12-18(17)20(24)23-19(10-11-28-4)21(25)26-3/h8-9,12,14,16,19,27H,5-7,10-11,13,22H2,1-4H3,(H,23,24)/t16?,19-/m0/s1. The van der Waals surface area contributed by atoms with Crippen molar-refractivity contribution in [2.75, 3.05) is 24.9 Å². The number of hydrogen-bond acceptors (Lipinski definition) is 6. The zero-order valence-corrected chi connectivity index (χ0v) is 19.1. The van der Waals surface area contributed by atoms with Crippen LogP contribution in [0.4, 0.5) is 0 Å². The monoisotopic (exact) mass is 426 g/mol. The molecule has 0 aromatic heterocycles. The highest BCUT2D eigenvalue weighted by Crippen LogP contribution is 2.22. The molecule has 0 spiro atoms. The number of carbonyl (C=O) groups is 2. The zero-order chi connectivity index (χ0) is 21.1. The lowest BCUT2D eigenvalue weighted by Crippen LogP contribution is -2.42. The molecule has 0 heterocycles. The van der Waals surface area contributed by atoms with Crippen molar-refractivity contribution in [2.45, 2.75) is 57.5 Å². The Morgan fingerprint density at radius 2 is 2.00 bits per heavy atom. The first kappa shape index (κ1) is 24.9. The van der Waals surface area contributed by atoms with Crippen LogP contribution in [0.2, 0.25) is 0 Å². The molecule has 28 heavy (non-hydrogen) atoms. The highest BCUT2D eigenvalue weighted by Gasteiger charge is 2.23. The molecule has 0 radical (unpaired) electrons. The Balaban J connectivity index is 2.98. The van der Waals surface area contributed by atoms with E-state index in [1.54, 1.807) is 11.8 Å². The topological polar surface area (TPSA) is 81.4 Å². The molecular weight excluding hydrogens is 392 g/mol. The number of ether oxygens (including phenoxy) is 1. The Hall–Kier alpha value is -1.18. The number of methoxy groups -OCH3 is 1. The Bertz CT molecular complexity index is 638. The van der Waals surface area contributed by atoms with Gasteiger partial charge < -0.3 is 15.8 Å². The van der Waals surface area contributed by atoms with Gasteiger partial charge in [0.05, 0.1) is 7.11 Å². The number of nitrogens with one attached hydrogen (secondary N) is 1. The third-order valence-electron chi connectivity index (χ3n) is 4.66. The van der Waals surface area contributed by atoms with Crippen molar-refractivity contribution in [2.24, 2.45) is 5.73 Å². The molecule has 158 valence electrons. The molecule has 1 aromatic carbocycles. The van der Waals surface area contributed by atoms with E-state index < -0.39 is 12.0 Å². The van der Waals surface area contributed by atoms with E-state index in [4.69, 9.17) is 10.5 Å². The first-order valence-corrected chi connectivity index (χ1v) is 11.7. The van der Waals surface area contributed by atoms with Gasteiger partial charge in [-0.2, -0.15) is 24.4 Å². The number of thiol groups is 1. The van der Waals surface area contributed by atoms with Gasteiger partial charge in [-0.1, -0.05) is 26.0 Å². The van der Waals surface area contributed by atoms with Crippen molar-refractivity contribution in [1.82, 2.24) is 5.32 Å². The third kappa shape index (κ3) is 8.05. The van der Waals surface area contributed by atoms with Crippen LogP contribution in [0.5, 0.6) is 0 Å². The predicted octanol–water partition coefficient (Wildman–Crippen LogP) is 3.41. The molecule has 0 fully saturated rings. The van der Waals surface area contributed by atoms with Crippen molar-refractivity contribution >= 4 is 36.3 Å². The molecule has 5 nitrogen and oxygen atoms in total. The number of amides is 1. The molecular formula is C21H34N2O3S2. The van der Waals surface area contributed by atoms with Gasteiger partial charge in [0.25, 0.3) is 5.91 Å². The van der Waals surface area contributed by atoms with E-state index in [9.17, 15) is 9.59 Å². The second-order valence-electron chi connectivity index (χ2n) is 7.24. The van der Waals surface area contributed by atoms with Gasteiger partial charge in [-0.25, -0.2) is 4.79 Å². The maximum atomic E-state index is 13.0. The number of aryl methyl sites for hydroxylation is 1. The number of carbonyl (C=O) groups excluding carboxylic acids is 2. The quantitative estimate of drug-likeness (QED) is 0.352. The number of nitrogens with two attached hydrogens (primary N) is 1. The lowest BCUT2D eigenvalue weighted by Gasteiger charge is -2.19. The Kier molecular flexibility index (Phi) is 11.6. The van der Waals surface area contributed by atoms with E-state index >= 15 is 0 Å². The number of rotatable bonds is 12. The molecule has 0 saturated carbocycles. The van der Waals surface area contributed by atoms with Crippen molar-refractivity contribution in [1.29, 1.82) is 0 Å². The first-order chi connectivity index (χ1) is 13.3. The van der Waals surface area contributed by atoms with Crippen LogP contribution in [-0.2, 0) is 16.0 Å². The molecule has 1 rings (SSSR count). The Morgan fingerprint density at radius 1 is 1.29 bits per heavy atom. The van der Waals surface area contributed by atoms with E-state index in [2.05, 4.69) is 37.9 Å². The minimum absolute atomic E-state index is 0.0956. The van der Waals surface area contributed by atoms with Crippen LogP contribution in [-0.4, -0.2) is 48.8 Å². The summed E-state index contributed by atoms with van der Waals surface area (Å²) < 4.78 is 4.85. The number of esters is 1. The summed E-state index contributed by atoms with van der Waals surface area (Å²) >= 11 is 5.85. The number of thioether (sulfide) groups is 1. The van der Waals surface area contributed by atoms with Gasteiger partial charge in [0.2, 0.25) is 0 Å². The summed E-state index contributed by atoms with van der Waals surface area (Å²) in [6.45, 7) is 4.12. The fourth-order valence-corrected chi connectivity index (χ4v) is 3.64. The van der Waals surface area contributed by atoms with E-state index in [0.29, 0.717) is 17.7 Å². The molecule has 0 aliphatic rings. The minimum atomic E-state index is -0.637. The van der Waals surface area contributed by atoms with Crippen molar-refractivity contribution in [3.63, 3.8) is 0 Å². The van der Waals surface area contributed by atoms with Crippen LogP contribution in [0.15, 0.2) is 18.2 Å². The molecule has 1 amide bonds. The van der Waals surface area contributed by atoms with Gasteiger partial charge >= 0.3 is 5.97 Å². The Morgan fingerprint density at radius 3 is 2.57 bits per heavy atom. The van der Waals surface area contributed by atoms with Crippen LogP contribution in [0, 0.1) is 0 Å². The van der Waals surface area contributed by atoms with Crippen LogP contribution in [0.3, 0.4) is 0 Å². The highest BCUT2D eigenvalue weighted by molar-refractivity contribution is 7.98. The molecule has 1 unspecified atom stereocenters. The summed E-state index contributed by atoms with van der Waals surface area (Å²) in [6, 6.07) is 5.49. The molecule has 2 atom stereocenters. The lowest BCUT2D eigenvalue weighted by atomic mass is 9.93. The molecule has 0 saturated heterocycles. The average molecular weight is 427 g/mol. The second-order valence-corrected chi connectivity index (χ2v) is 8.59. The molecule has 1 aromatic rings. The molecule has 3 N–H and O–H groups in total. The summed E-state index contributed by atoms with van der Waals surface area (Å²) in [6.07, 6.45) is 5.21. The average Bonchev–Trinajstić information content (AvgIpc) is 2.69. The van der Waals surface area contributed by atoms with E-state index in [1.807, 2.05) is 18.4 Å². The van der Waals surface area contributed by atoms with Crippen molar-refractivity contribution in [3.8, 4) is 0 Å². The smallest absolute Gasteiger partial charge is 0.328 e. The summed E-state index contributed by atoms with van der Waals surface area (Å²) in [5, 5.41) is 2.87. The van der Waals surface area contributed by atoms with Gasteiger partial charge in [0, 0.05) is 17.4 Å². The normalized spacial score (nSPS) is 13.2. The van der Waals surface area contributed by atoms with Gasteiger partial charge in [0.1, 0.15) is 6.04 Å². The fourth-order valence-electron chi connectivity index (χ4n) is 2.98. The Labute approximate surface area is 179 Å². The summed E-state index contributed by atoms with van der Waals surface area (Å²) in [5.41, 5.74) is 8.63. The molecule has 7 heteroatoms. The highest BCUT2D eigenvalue weighted by atomic mass is 32.2. The maximum absolute atomic E-state index is 13.0. The van der Waals surface area contributed by atoms with E-state index in [0.717, 1.165) is 36.1 Å². The van der Waals surface area contributed by atoms with Gasteiger partial charge in [0.15, 0.2) is 0 Å². The van der Waals surface area contributed by atoms with Crippen LogP contribution in [0.25, 0.3) is 0 Å². The predicted molar refractivity (Wildman–Crippen MR) is 122 cm³/mol. The maximum Gasteiger partial charge on any atom is 0.328 e. The van der Waals surface area contributed by atoms with Gasteiger partial charge in [-0.3, -0.25) is 4.79 Å². The minimum Gasteiger partial charge on any atom is -0.467 e. The third-order valence-corrected chi connectivity index (χ3v) is 5.77. The summed E-state index contributed by atoms with van der Waals surface area (Å²) in [7, 11) is 1.34. The molecule has 0 aliphatic carbocycles. The van der Waals surface area contributed by atoms with E-state index in [-0.39, 0.29) is 17.9 Å². The van der Waals surface area contributed by atoms with Crippen molar-refractivity contribution < 1.29 is 14.3 Å². The van der Waals surface area contributed by atoms with Crippen LogP contribution in [0.1, 0.15) is 60.5 Å². The van der Waals surface area contributed by atoms with Crippen molar-refractivity contribution in [3.05, 3.63) is 34.9 Å². The first-order valence-electron chi connectivity index (χ1n) is 9.70. The summed E-state index contributed by atoms with van der Waals surface area (Å²) in [5.74, 6) is 1.00. The largest absolute Gasteiger partial charge is 0.467 e. The number of hydrogen-bond donors (Lipinski definition) is 3. The summed E-state index contributed by atoms with van der Waals surface area (Å²) in [4.78, 5) is 25.0. The van der Waals surface area contributed by atoms with Crippen LogP contribution >= 0.6 is 24.4 Å². The molecule has 0 bridgehead atoms. The SMILES string of the molecule is COC(=O)[C@H](CCSC)NC(=O)c1cc(CCCC(N)CS)ccc1C(C)C. The zero-order valence-electron chi connectivity index (χ0n) is 17.4. The van der Waals surface area contributed by atoms with E-state index in [1.165, 1.54) is 7.11 Å². The second kappa shape index (κ2) is 13.1. The van der Waals surface area contributed by atoms with Gasteiger partial charge in [-0.05, 0) is 60.8 Å².